The van der Waals surface area contributed by atoms with Gasteiger partial charge in [0, 0.05) is 6.04 Å². The van der Waals surface area contributed by atoms with Gasteiger partial charge in [-0.05, 0) is 12.8 Å². The maximum atomic E-state index is 13.3. The number of hydrogen-bond donors (Lipinski definition) is 1. The van der Waals surface area contributed by atoms with E-state index < -0.39 is 52.7 Å². The van der Waals surface area contributed by atoms with Crippen molar-refractivity contribution in [3.05, 3.63) is 22.5 Å². The number of nitrogens with one attached hydrogen (secondary N) is 1. The summed E-state index contributed by atoms with van der Waals surface area (Å²) in [6.45, 7) is 0. The normalized spacial score (nSPS) is 14.4. The second-order valence-electron chi connectivity index (χ2n) is 5.17. The van der Waals surface area contributed by atoms with Gasteiger partial charge < -0.3 is 14.8 Å². The van der Waals surface area contributed by atoms with Crippen LogP contribution in [0.15, 0.2) is 0 Å². The molecule has 2 rings (SSSR count). The maximum absolute atomic E-state index is 13.3. The van der Waals surface area contributed by atoms with E-state index in [4.69, 9.17) is 0 Å². The number of anilines is 1. The Bertz CT molecular complexity index is 701. The quantitative estimate of drug-likeness (QED) is 0.635. The fraction of sp³-hybridized carbons (Fsp3) is 0.500. The fourth-order valence-electron chi connectivity index (χ4n) is 2.15. The number of nitrogens with zero attached hydrogens (tertiary/aromatic N) is 1. The van der Waals surface area contributed by atoms with Crippen molar-refractivity contribution in [2.75, 3.05) is 19.5 Å². The van der Waals surface area contributed by atoms with E-state index in [0.29, 0.717) is 12.8 Å². The Morgan fingerprint density at radius 1 is 1.12 bits per heavy atom. The highest BCUT2D eigenvalue weighted by Gasteiger charge is 2.44. The molecule has 11 heteroatoms. The van der Waals surface area contributed by atoms with Crippen LogP contribution < -0.4 is 5.32 Å². The average Bonchev–Trinajstić information content (AvgIpc) is 3.35. The van der Waals surface area contributed by atoms with Crippen molar-refractivity contribution < 1.29 is 41.0 Å². The molecule has 1 saturated carbocycles. The van der Waals surface area contributed by atoms with Crippen LogP contribution in [0.2, 0.25) is 0 Å². The Balaban J connectivity index is 2.89. The van der Waals surface area contributed by atoms with Crippen molar-refractivity contribution >= 4 is 17.6 Å². The summed E-state index contributed by atoms with van der Waals surface area (Å²) in [6.07, 6.45) is -7.65. The second kappa shape index (κ2) is 6.81. The van der Waals surface area contributed by atoms with Gasteiger partial charge in [0.2, 0.25) is 0 Å². The zero-order chi connectivity index (χ0) is 18.9. The molecule has 1 aromatic rings. The van der Waals surface area contributed by atoms with Gasteiger partial charge in [0.15, 0.2) is 5.69 Å². The monoisotopic (exact) mass is 368 g/mol. The molecule has 1 fully saturated rings. The van der Waals surface area contributed by atoms with Crippen molar-refractivity contribution in [1.29, 1.82) is 0 Å². The summed E-state index contributed by atoms with van der Waals surface area (Å²) in [5, 5.41) is 2.52. The van der Waals surface area contributed by atoms with Crippen molar-refractivity contribution in [1.82, 2.24) is 4.98 Å². The molecule has 1 aliphatic carbocycles. The first-order valence-corrected chi connectivity index (χ1v) is 6.98. The molecular formula is C14H13F5N2O4. The molecule has 0 atom stereocenters. The molecule has 0 aromatic carbocycles. The first-order chi connectivity index (χ1) is 11.6. The fourth-order valence-corrected chi connectivity index (χ4v) is 2.15. The number of halogens is 5. The number of alkyl halides is 5. The number of ether oxygens (including phenoxy) is 2. The molecule has 0 aliphatic heterocycles. The molecule has 0 amide bonds. The molecule has 138 valence electrons. The van der Waals surface area contributed by atoms with Gasteiger partial charge in [-0.2, -0.15) is 13.2 Å². The predicted molar refractivity (Wildman–Crippen MR) is 73.5 cm³/mol. The van der Waals surface area contributed by atoms with E-state index in [1.54, 1.807) is 0 Å². The molecule has 0 unspecified atom stereocenters. The third-order valence-corrected chi connectivity index (χ3v) is 3.41. The molecule has 1 N–H and O–H groups in total. The van der Waals surface area contributed by atoms with Crippen LogP contribution in [0.1, 0.15) is 51.4 Å². The molecule has 1 heterocycles. The third kappa shape index (κ3) is 3.80. The Morgan fingerprint density at radius 3 is 2.04 bits per heavy atom. The second-order valence-corrected chi connectivity index (χ2v) is 5.17. The lowest BCUT2D eigenvalue weighted by molar-refractivity contribution is -0.142. The largest absolute Gasteiger partial charge is 0.465 e. The van der Waals surface area contributed by atoms with Gasteiger partial charge in [-0.15, -0.1) is 0 Å². The third-order valence-electron chi connectivity index (χ3n) is 3.41. The van der Waals surface area contributed by atoms with Crippen LogP contribution in [-0.2, 0) is 15.7 Å². The van der Waals surface area contributed by atoms with E-state index in [1.165, 1.54) is 0 Å². The molecule has 0 saturated heterocycles. The number of methoxy groups -OCH3 is 2. The van der Waals surface area contributed by atoms with Gasteiger partial charge in [-0.3, -0.25) is 0 Å². The molecule has 6 nitrogen and oxygen atoms in total. The summed E-state index contributed by atoms with van der Waals surface area (Å²) >= 11 is 0. The molecule has 0 spiro atoms. The van der Waals surface area contributed by atoms with Crippen LogP contribution in [0, 0.1) is 0 Å². The highest BCUT2D eigenvalue weighted by atomic mass is 19.4. The van der Waals surface area contributed by atoms with Crippen LogP contribution in [-0.4, -0.2) is 37.2 Å². The number of pyridine rings is 1. The van der Waals surface area contributed by atoms with Crippen molar-refractivity contribution in [3.63, 3.8) is 0 Å². The number of hydrogen-bond acceptors (Lipinski definition) is 6. The Morgan fingerprint density at radius 2 is 1.64 bits per heavy atom. The van der Waals surface area contributed by atoms with Crippen molar-refractivity contribution in [2.24, 2.45) is 0 Å². The topological polar surface area (TPSA) is 77.5 Å². The van der Waals surface area contributed by atoms with Crippen LogP contribution in [0.3, 0.4) is 0 Å². The van der Waals surface area contributed by atoms with E-state index in [2.05, 4.69) is 19.8 Å². The summed E-state index contributed by atoms with van der Waals surface area (Å²) in [5.74, 6) is -2.81. The molecule has 25 heavy (non-hydrogen) atoms. The van der Waals surface area contributed by atoms with Crippen molar-refractivity contribution in [3.8, 4) is 0 Å². The molecule has 0 radical (unpaired) electrons. The number of carbonyl (C=O) groups excluding carboxylic acids is 2. The highest BCUT2D eigenvalue weighted by Crippen LogP contribution is 2.41. The van der Waals surface area contributed by atoms with Crippen LogP contribution in [0.5, 0.6) is 0 Å². The molecule has 0 bridgehead atoms. The van der Waals surface area contributed by atoms with Gasteiger partial charge in [-0.25, -0.2) is 23.4 Å². The van der Waals surface area contributed by atoms with Gasteiger partial charge in [0.25, 0.3) is 6.43 Å². The summed E-state index contributed by atoms with van der Waals surface area (Å²) < 4.78 is 75.1. The van der Waals surface area contributed by atoms with E-state index >= 15 is 0 Å². The number of rotatable bonds is 5. The minimum absolute atomic E-state index is 0.360. The number of esters is 2. The van der Waals surface area contributed by atoms with Crippen molar-refractivity contribution in [2.45, 2.75) is 31.5 Å². The minimum Gasteiger partial charge on any atom is -0.465 e. The predicted octanol–water partition coefficient (Wildman–Crippen LogP) is 3.19. The lowest BCUT2D eigenvalue weighted by atomic mass is 10.0. The van der Waals surface area contributed by atoms with Gasteiger partial charge >= 0.3 is 18.1 Å². The minimum atomic E-state index is -5.22. The van der Waals surface area contributed by atoms with Crippen LogP contribution in [0.4, 0.5) is 27.6 Å². The Kier molecular flexibility index (Phi) is 5.14. The summed E-state index contributed by atoms with van der Waals surface area (Å²) in [5.41, 5.74) is -6.04. The smallest absolute Gasteiger partial charge is 0.434 e. The van der Waals surface area contributed by atoms with Crippen LogP contribution >= 0.6 is 0 Å². The summed E-state index contributed by atoms with van der Waals surface area (Å²) in [7, 11) is 1.69. The maximum Gasteiger partial charge on any atom is 0.434 e. The average molecular weight is 368 g/mol. The Hall–Kier alpha value is -2.46. The number of aromatic nitrogens is 1. The standard InChI is InChI=1S/C14H13F5N2O4/c1-24-12(22)6-8(20-5-3-4-5)7(13(23)25-2)10(14(17,18)19)21-9(6)11(15)16/h5,11H,3-4H2,1-2H3,(H,20,21). The summed E-state index contributed by atoms with van der Waals surface area (Å²) in [6, 6.07) is -0.360. The molecular weight excluding hydrogens is 355 g/mol. The highest BCUT2D eigenvalue weighted by molar-refractivity contribution is 6.06. The van der Waals surface area contributed by atoms with Gasteiger partial charge in [-0.1, -0.05) is 0 Å². The molecule has 1 aliphatic rings. The first-order valence-electron chi connectivity index (χ1n) is 6.98. The molecule has 1 aromatic heterocycles. The van der Waals surface area contributed by atoms with Gasteiger partial charge in [0.05, 0.1) is 19.9 Å². The van der Waals surface area contributed by atoms with E-state index in [-0.39, 0.29) is 6.04 Å². The Labute approximate surface area is 138 Å². The zero-order valence-corrected chi connectivity index (χ0v) is 13.0. The summed E-state index contributed by atoms with van der Waals surface area (Å²) in [4.78, 5) is 26.7. The van der Waals surface area contributed by atoms with Crippen LogP contribution in [0.25, 0.3) is 0 Å². The number of carbonyl (C=O) groups is 2. The lowest BCUT2D eigenvalue weighted by Gasteiger charge is -2.20. The first kappa shape index (κ1) is 18.9. The zero-order valence-electron chi connectivity index (χ0n) is 13.0. The van der Waals surface area contributed by atoms with E-state index in [9.17, 15) is 31.5 Å². The van der Waals surface area contributed by atoms with E-state index in [0.717, 1.165) is 14.2 Å². The SMILES string of the molecule is COC(=O)c1c(C(F)F)nc(C(F)(F)F)c(C(=O)OC)c1NC1CC1. The van der Waals surface area contributed by atoms with Gasteiger partial charge in [0.1, 0.15) is 16.8 Å². The lowest BCUT2D eigenvalue weighted by Crippen LogP contribution is -2.25. The van der Waals surface area contributed by atoms with E-state index in [1.807, 2.05) is 0 Å².